The van der Waals surface area contributed by atoms with Crippen LogP contribution in [0.25, 0.3) is 16.2 Å². The van der Waals surface area contributed by atoms with Crippen LogP contribution in [-0.4, -0.2) is 20.5 Å². The normalized spacial score (nSPS) is 11.2. The minimum absolute atomic E-state index is 0.260. The summed E-state index contributed by atoms with van der Waals surface area (Å²) in [6, 6.07) is 6.43. The summed E-state index contributed by atoms with van der Waals surface area (Å²) < 4.78 is 15.6. The Kier molecular flexibility index (Phi) is 2.83. The van der Waals surface area contributed by atoms with Gasteiger partial charge in [0.05, 0.1) is 5.69 Å². The maximum absolute atomic E-state index is 13.9. The first-order chi connectivity index (χ1) is 9.50. The number of benzene rings is 1. The SMILES string of the molecule is Cc1c(-c2ccccc2F)nc2sc(C(=O)O)c(C)n12. The molecule has 0 spiro atoms. The molecule has 1 aromatic carbocycles. The summed E-state index contributed by atoms with van der Waals surface area (Å²) in [6.45, 7) is 3.54. The molecule has 0 aliphatic carbocycles. The van der Waals surface area contributed by atoms with E-state index in [1.807, 2.05) is 6.92 Å². The van der Waals surface area contributed by atoms with E-state index in [1.54, 1.807) is 29.5 Å². The fourth-order valence-corrected chi connectivity index (χ4v) is 3.32. The summed E-state index contributed by atoms with van der Waals surface area (Å²) in [4.78, 5) is 16.3. The van der Waals surface area contributed by atoms with Gasteiger partial charge >= 0.3 is 5.97 Å². The smallest absolute Gasteiger partial charge is 0.347 e. The van der Waals surface area contributed by atoms with Gasteiger partial charge in [0.1, 0.15) is 10.7 Å². The lowest BCUT2D eigenvalue weighted by atomic mass is 10.1. The van der Waals surface area contributed by atoms with Gasteiger partial charge in [0.25, 0.3) is 0 Å². The number of fused-ring (bicyclic) bond motifs is 1. The van der Waals surface area contributed by atoms with Crippen LogP contribution in [0.5, 0.6) is 0 Å². The first-order valence-electron chi connectivity index (χ1n) is 5.97. The van der Waals surface area contributed by atoms with E-state index < -0.39 is 5.97 Å². The van der Waals surface area contributed by atoms with Gasteiger partial charge in [-0.15, -0.1) is 0 Å². The van der Waals surface area contributed by atoms with Crippen molar-refractivity contribution in [2.45, 2.75) is 13.8 Å². The van der Waals surface area contributed by atoms with Gasteiger partial charge in [0.15, 0.2) is 4.96 Å². The van der Waals surface area contributed by atoms with Crippen molar-refractivity contribution in [2.24, 2.45) is 0 Å². The zero-order valence-electron chi connectivity index (χ0n) is 10.8. The quantitative estimate of drug-likeness (QED) is 0.785. The highest BCUT2D eigenvalue weighted by molar-refractivity contribution is 7.19. The first kappa shape index (κ1) is 12.8. The monoisotopic (exact) mass is 290 g/mol. The number of aromatic carboxylic acids is 1. The zero-order valence-corrected chi connectivity index (χ0v) is 11.7. The summed E-state index contributed by atoms with van der Waals surface area (Å²) in [6.07, 6.45) is 0. The van der Waals surface area contributed by atoms with Crippen LogP contribution < -0.4 is 0 Å². The molecule has 0 aliphatic heterocycles. The molecule has 0 aliphatic rings. The Morgan fingerprint density at radius 1 is 1.30 bits per heavy atom. The molecule has 2 heterocycles. The fraction of sp³-hybridized carbons (Fsp3) is 0.143. The zero-order chi connectivity index (χ0) is 14.4. The lowest BCUT2D eigenvalue weighted by Crippen LogP contribution is -1.98. The lowest BCUT2D eigenvalue weighted by Gasteiger charge is -2.02. The number of aromatic nitrogens is 2. The number of nitrogens with zero attached hydrogens (tertiary/aromatic N) is 2. The average Bonchev–Trinajstić information content (AvgIpc) is 2.89. The van der Waals surface area contributed by atoms with E-state index in [0.717, 1.165) is 17.0 Å². The molecule has 0 fully saturated rings. The highest BCUT2D eigenvalue weighted by Crippen LogP contribution is 2.31. The Morgan fingerprint density at radius 2 is 2.00 bits per heavy atom. The topological polar surface area (TPSA) is 54.6 Å². The molecule has 6 heteroatoms. The van der Waals surface area contributed by atoms with E-state index in [4.69, 9.17) is 5.11 Å². The van der Waals surface area contributed by atoms with Crippen molar-refractivity contribution in [3.8, 4) is 11.3 Å². The van der Waals surface area contributed by atoms with E-state index in [-0.39, 0.29) is 10.7 Å². The first-order valence-corrected chi connectivity index (χ1v) is 6.79. The molecular weight excluding hydrogens is 279 g/mol. The fourth-order valence-electron chi connectivity index (χ4n) is 2.31. The van der Waals surface area contributed by atoms with Gasteiger partial charge in [0.2, 0.25) is 0 Å². The highest BCUT2D eigenvalue weighted by Gasteiger charge is 2.21. The predicted octanol–water partition coefficient (Wildman–Crippen LogP) is 3.52. The molecule has 20 heavy (non-hydrogen) atoms. The van der Waals surface area contributed by atoms with Gasteiger partial charge in [-0.3, -0.25) is 4.40 Å². The Labute approximate surface area is 118 Å². The van der Waals surface area contributed by atoms with Crippen molar-refractivity contribution in [2.75, 3.05) is 0 Å². The van der Waals surface area contributed by atoms with Crippen LogP contribution >= 0.6 is 11.3 Å². The summed E-state index contributed by atoms with van der Waals surface area (Å²) in [5, 5.41) is 9.12. The Morgan fingerprint density at radius 3 is 2.60 bits per heavy atom. The van der Waals surface area contributed by atoms with Crippen LogP contribution in [0.15, 0.2) is 24.3 Å². The average molecular weight is 290 g/mol. The van der Waals surface area contributed by atoms with E-state index in [9.17, 15) is 9.18 Å². The van der Waals surface area contributed by atoms with Gasteiger partial charge in [-0.1, -0.05) is 23.5 Å². The summed E-state index contributed by atoms with van der Waals surface area (Å²) in [7, 11) is 0. The Bertz CT molecular complexity index is 835. The molecule has 0 bridgehead atoms. The molecular formula is C14H11FN2O2S. The minimum Gasteiger partial charge on any atom is -0.477 e. The molecule has 3 rings (SSSR count). The van der Waals surface area contributed by atoms with Gasteiger partial charge in [-0.25, -0.2) is 14.2 Å². The molecule has 4 nitrogen and oxygen atoms in total. The largest absolute Gasteiger partial charge is 0.477 e. The second-order valence-corrected chi connectivity index (χ2v) is 5.44. The van der Waals surface area contributed by atoms with Crippen molar-refractivity contribution >= 4 is 22.3 Å². The van der Waals surface area contributed by atoms with Crippen LogP contribution in [0.1, 0.15) is 21.1 Å². The summed E-state index contributed by atoms with van der Waals surface area (Å²) in [5.41, 5.74) is 2.34. The number of carboxylic acids is 1. The molecule has 0 radical (unpaired) electrons. The summed E-state index contributed by atoms with van der Waals surface area (Å²) in [5.74, 6) is -1.30. The van der Waals surface area contributed by atoms with E-state index >= 15 is 0 Å². The standard InChI is InChI=1S/C14H11FN2O2S/c1-7-11(9-5-3-4-6-10(9)15)16-14-17(7)8(2)12(20-14)13(18)19/h3-6H,1-2H3,(H,18,19). The number of carboxylic acid groups (broad SMARTS) is 1. The molecule has 0 unspecified atom stereocenters. The van der Waals surface area contributed by atoms with E-state index in [2.05, 4.69) is 4.98 Å². The Balaban J connectivity index is 2.28. The third-order valence-corrected chi connectivity index (χ3v) is 4.39. The van der Waals surface area contributed by atoms with E-state index in [0.29, 0.717) is 21.9 Å². The number of hydrogen-bond donors (Lipinski definition) is 1. The number of rotatable bonds is 2. The van der Waals surface area contributed by atoms with Gasteiger partial charge in [-0.05, 0) is 26.0 Å². The maximum Gasteiger partial charge on any atom is 0.347 e. The van der Waals surface area contributed by atoms with Crippen molar-refractivity contribution in [3.63, 3.8) is 0 Å². The maximum atomic E-state index is 13.9. The third-order valence-electron chi connectivity index (χ3n) is 3.26. The predicted molar refractivity (Wildman–Crippen MR) is 74.9 cm³/mol. The lowest BCUT2D eigenvalue weighted by molar-refractivity contribution is 0.0701. The number of thiazole rings is 1. The van der Waals surface area contributed by atoms with Crippen LogP contribution in [0.4, 0.5) is 4.39 Å². The van der Waals surface area contributed by atoms with Gasteiger partial charge in [0, 0.05) is 17.0 Å². The van der Waals surface area contributed by atoms with Crippen molar-refractivity contribution in [1.29, 1.82) is 0 Å². The Hall–Kier alpha value is -2.21. The highest BCUT2D eigenvalue weighted by atomic mass is 32.1. The molecule has 102 valence electrons. The molecule has 2 aromatic heterocycles. The second-order valence-electron chi connectivity index (χ2n) is 4.47. The van der Waals surface area contributed by atoms with Gasteiger partial charge in [-0.2, -0.15) is 0 Å². The van der Waals surface area contributed by atoms with Gasteiger partial charge < -0.3 is 5.11 Å². The minimum atomic E-state index is -0.968. The summed E-state index contributed by atoms with van der Waals surface area (Å²) >= 11 is 1.10. The number of aryl methyl sites for hydroxylation is 2. The van der Waals surface area contributed by atoms with Crippen LogP contribution in [0, 0.1) is 19.7 Å². The number of hydrogen-bond acceptors (Lipinski definition) is 3. The number of carbonyl (C=O) groups is 1. The second kappa shape index (κ2) is 4.42. The molecule has 0 amide bonds. The molecule has 0 saturated heterocycles. The number of halogens is 1. The van der Waals surface area contributed by atoms with Crippen LogP contribution in [-0.2, 0) is 0 Å². The molecule has 3 aromatic rings. The van der Waals surface area contributed by atoms with Crippen LogP contribution in [0.3, 0.4) is 0 Å². The number of imidazole rings is 1. The van der Waals surface area contributed by atoms with Crippen molar-refractivity contribution in [3.05, 3.63) is 46.3 Å². The van der Waals surface area contributed by atoms with Crippen LogP contribution in [0.2, 0.25) is 0 Å². The third kappa shape index (κ3) is 1.72. The molecule has 1 N–H and O–H groups in total. The van der Waals surface area contributed by atoms with Crippen molar-refractivity contribution in [1.82, 2.24) is 9.38 Å². The molecule has 0 atom stereocenters. The van der Waals surface area contributed by atoms with E-state index in [1.165, 1.54) is 6.07 Å². The molecule has 0 saturated carbocycles. The van der Waals surface area contributed by atoms with Crippen molar-refractivity contribution < 1.29 is 14.3 Å².